The van der Waals surface area contributed by atoms with E-state index in [-0.39, 0.29) is 11.2 Å². The number of likely N-dealkylation sites (tertiary alicyclic amines) is 1. The number of rotatable bonds is 5. The summed E-state index contributed by atoms with van der Waals surface area (Å²) >= 11 is 1.49. The normalized spacial score (nSPS) is 15.2. The third kappa shape index (κ3) is 4.05. The number of thioether (sulfide) groups is 1. The second-order valence-corrected chi connectivity index (χ2v) is 8.70. The SMILES string of the molecule is O=C([C@@H](Sc1ncnc2c1cnn2-c1ccccc1)c1ccccc1)N1CCCCC1. The number of para-hydroxylation sites is 1. The van der Waals surface area contributed by atoms with Gasteiger partial charge in [0.25, 0.3) is 0 Å². The summed E-state index contributed by atoms with van der Waals surface area (Å²) in [5.74, 6) is 0.151. The summed E-state index contributed by atoms with van der Waals surface area (Å²) in [5, 5.41) is 5.82. The zero-order valence-corrected chi connectivity index (χ0v) is 17.9. The van der Waals surface area contributed by atoms with Gasteiger partial charge >= 0.3 is 0 Å². The summed E-state index contributed by atoms with van der Waals surface area (Å²) in [6.45, 7) is 1.65. The largest absolute Gasteiger partial charge is 0.341 e. The van der Waals surface area contributed by atoms with E-state index in [4.69, 9.17) is 0 Å². The summed E-state index contributed by atoms with van der Waals surface area (Å²) in [4.78, 5) is 24.5. The number of piperidine rings is 1. The summed E-state index contributed by atoms with van der Waals surface area (Å²) < 4.78 is 1.81. The first-order valence-corrected chi connectivity index (χ1v) is 11.4. The van der Waals surface area contributed by atoms with Crippen LogP contribution in [0.25, 0.3) is 16.7 Å². The van der Waals surface area contributed by atoms with Crippen molar-refractivity contribution in [3.63, 3.8) is 0 Å². The molecule has 0 unspecified atom stereocenters. The van der Waals surface area contributed by atoms with Crippen LogP contribution in [-0.4, -0.2) is 43.6 Å². The van der Waals surface area contributed by atoms with E-state index in [2.05, 4.69) is 15.1 Å². The van der Waals surface area contributed by atoms with Crippen molar-refractivity contribution in [1.82, 2.24) is 24.6 Å². The van der Waals surface area contributed by atoms with Crippen molar-refractivity contribution in [1.29, 1.82) is 0 Å². The van der Waals surface area contributed by atoms with Crippen LogP contribution in [0.3, 0.4) is 0 Å². The first-order valence-electron chi connectivity index (χ1n) is 10.6. The number of fused-ring (bicyclic) bond motifs is 1. The molecule has 0 saturated carbocycles. The third-order valence-corrected chi connectivity index (χ3v) is 6.81. The average Bonchev–Trinajstić information content (AvgIpc) is 3.29. The van der Waals surface area contributed by atoms with Crippen LogP contribution in [0, 0.1) is 0 Å². The minimum absolute atomic E-state index is 0.151. The fourth-order valence-electron chi connectivity index (χ4n) is 3.96. The molecule has 156 valence electrons. The van der Waals surface area contributed by atoms with Crippen LogP contribution in [0.2, 0.25) is 0 Å². The van der Waals surface area contributed by atoms with Crippen molar-refractivity contribution in [2.45, 2.75) is 29.5 Å². The second kappa shape index (κ2) is 8.89. The maximum atomic E-state index is 13.5. The van der Waals surface area contributed by atoms with Gasteiger partial charge in [-0.25, -0.2) is 14.6 Å². The number of carbonyl (C=O) groups is 1. The van der Waals surface area contributed by atoms with Crippen molar-refractivity contribution in [3.05, 3.63) is 78.8 Å². The molecular weight excluding hydrogens is 406 g/mol. The van der Waals surface area contributed by atoms with E-state index in [1.807, 2.05) is 70.2 Å². The Morgan fingerprint density at radius 1 is 0.903 bits per heavy atom. The lowest BCUT2D eigenvalue weighted by Crippen LogP contribution is -2.38. The number of hydrogen-bond acceptors (Lipinski definition) is 5. The highest BCUT2D eigenvalue weighted by Gasteiger charge is 2.29. The smallest absolute Gasteiger partial charge is 0.240 e. The van der Waals surface area contributed by atoms with Crippen molar-refractivity contribution >= 4 is 28.7 Å². The molecule has 1 aliphatic heterocycles. The van der Waals surface area contributed by atoms with Crippen LogP contribution in [0.5, 0.6) is 0 Å². The van der Waals surface area contributed by atoms with E-state index < -0.39 is 0 Å². The van der Waals surface area contributed by atoms with Gasteiger partial charge in [0.15, 0.2) is 5.65 Å². The van der Waals surface area contributed by atoms with Crippen molar-refractivity contribution in [3.8, 4) is 5.69 Å². The predicted molar refractivity (Wildman–Crippen MR) is 122 cm³/mol. The quantitative estimate of drug-likeness (QED) is 0.341. The molecule has 1 atom stereocenters. The Bertz CT molecular complexity index is 1170. The topological polar surface area (TPSA) is 63.9 Å². The molecule has 1 fully saturated rings. The Morgan fingerprint density at radius 3 is 2.35 bits per heavy atom. The molecule has 0 aliphatic carbocycles. The van der Waals surface area contributed by atoms with Gasteiger partial charge < -0.3 is 4.90 Å². The highest BCUT2D eigenvalue weighted by molar-refractivity contribution is 8.00. The monoisotopic (exact) mass is 429 g/mol. The van der Waals surface area contributed by atoms with Gasteiger partial charge in [0, 0.05) is 13.1 Å². The number of amides is 1. The van der Waals surface area contributed by atoms with Gasteiger partial charge in [-0.15, -0.1) is 0 Å². The van der Waals surface area contributed by atoms with Gasteiger partial charge in [-0.1, -0.05) is 60.3 Å². The van der Waals surface area contributed by atoms with Crippen LogP contribution in [0.4, 0.5) is 0 Å². The molecule has 2 aromatic carbocycles. The summed E-state index contributed by atoms with van der Waals surface area (Å²) in [6, 6.07) is 19.9. The number of benzene rings is 2. The van der Waals surface area contributed by atoms with Gasteiger partial charge in [0.05, 0.1) is 17.3 Å². The molecular formula is C24H23N5OS. The van der Waals surface area contributed by atoms with Crippen molar-refractivity contribution in [2.75, 3.05) is 13.1 Å². The minimum atomic E-state index is -0.350. The third-order valence-electron chi connectivity index (χ3n) is 5.55. The summed E-state index contributed by atoms with van der Waals surface area (Å²) in [5.41, 5.74) is 2.67. The Morgan fingerprint density at radius 2 is 1.61 bits per heavy atom. The molecule has 4 aromatic rings. The highest BCUT2D eigenvalue weighted by atomic mass is 32.2. The molecule has 3 heterocycles. The lowest BCUT2D eigenvalue weighted by atomic mass is 10.1. The fraction of sp³-hybridized carbons (Fsp3) is 0.250. The second-order valence-electron chi connectivity index (χ2n) is 7.60. The molecule has 0 bridgehead atoms. The van der Waals surface area contributed by atoms with Crippen LogP contribution >= 0.6 is 11.8 Å². The molecule has 0 N–H and O–H groups in total. The molecule has 7 heteroatoms. The maximum absolute atomic E-state index is 13.5. The average molecular weight is 430 g/mol. The Balaban J connectivity index is 1.52. The molecule has 1 amide bonds. The minimum Gasteiger partial charge on any atom is -0.341 e. The van der Waals surface area contributed by atoms with E-state index in [1.165, 1.54) is 18.2 Å². The van der Waals surface area contributed by atoms with Crippen LogP contribution in [0.15, 0.2) is 78.2 Å². The molecule has 0 spiro atoms. The molecule has 6 nitrogen and oxygen atoms in total. The Labute approximate surface area is 185 Å². The van der Waals surface area contributed by atoms with E-state index in [0.717, 1.165) is 53.2 Å². The van der Waals surface area contributed by atoms with Crippen LogP contribution in [0.1, 0.15) is 30.1 Å². The molecule has 1 saturated heterocycles. The molecule has 2 aromatic heterocycles. The number of aromatic nitrogens is 4. The van der Waals surface area contributed by atoms with Crippen LogP contribution < -0.4 is 0 Å². The zero-order chi connectivity index (χ0) is 21.0. The van der Waals surface area contributed by atoms with Crippen LogP contribution in [-0.2, 0) is 4.79 Å². The lowest BCUT2D eigenvalue weighted by molar-refractivity contribution is -0.131. The maximum Gasteiger partial charge on any atom is 0.240 e. The van der Waals surface area contributed by atoms with Gasteiger partial charge in [0.1, 0.15) is 16.6 Å². The van der Waals surface area contributed by atoms with E-state index in [1.54, 1.807) is 12.5 Å². The van der Waals surface area contributed by atoms with Gasteiger partial charge in [-0.3, -0.25) is 4.79 Å². The van der Waals surface area contributed by atoms with Gasteiger partial charge in [-0.05, 0) is 37.0 Å². The Hall–Kier alpha value is -3.19. The molecule has 5 rings (SSSR count). The first kappa shape index (κ1) is 19.8. The standard InChI is InChI=1S/C24H23N5OS/c30-24(28-14-8-3-9-15-28)21(18-10-4-1-5-11-18)31-23-20-16-27-29(22(20)25-17-26-23)19-12-6-2-7-13-19/h1-2,4-7,10-13,16-17,21H,3,8-9,14-15H2/t21-/m0/s1. The fourth-order valence-corrected chi connectivity index (χ4v) is 5.10. The van der Waals surface area contributed by atoms with Crippen molar-refractivity contribution < 1.29 is 4.79 Å². The summed E-state index contributed by atoms with van der Waals surface area (Å²) in [6.07, 6.45) is 6.68. The summed E-state index contributed by atoms with van der Waals surface area (Å²) in [7, 11) is 0. The predicted octanol–water partition coefficient (Wildman–Crippen LogP) is 4.66. The Kier molecular flexibility index (Phi) is 5.67. The molecule has 1 aliphatic rings. The number of hydrogen-bond donors (Lipinski definition) is 0. The van der Waals surface area contributed by atoms with E-state index in [0.29, 0.717) is 0 Å². The highest BCUT2D eigenvalue weighted by Crippen LogP contribution is 2.39. The zero-order valence-electron chi connectivity index (χ0n) is 17.1. The number of nitrogens with zero attached hydrogens (tertiary/aromatic N) is 5. The van der Waals surface area contributed by atoms with E-state index >= 15 is 0 Å². The van der Waals surface area contributed by atoms with Crippen molar-refractivity contribution in [2.24, 2.45) is 0 Å². The first-order chi connectivity index (χ1) is 15.3. The van der Waals surface area contributed by atoms with Gasteiger partial charge in [-0.2, -0.15) is 5.10 Å². The molecule has 31 heavy (non-hydrogen) atoms. The van der Waals surface area contributed by atoms with Gasteiger partial charge in [0.2, 0.25) is 5.91 Å². The van der Waals surface area contributed by atoms with E-state index in [9.17, 15) is 4.79 Å². The molecule has 0 radical (unpaired) electrons. The lowest BCUT2D eigenvalue weighted by Gasteiger charge is -2.30. The number of carbonyl (C=O) groups excluding carboxylic acids is 1.